The maximum Gasteiger partial charge on any atom is 0.193 e. The molecule has 2 aromatic rings. The van der Waals surface area contributed by atoms with E-state index in [4.69, 9.17) is 0 Å². The fourth-order valence-electron chi connectivity index (χ4n) is 1.31. The largest absolute Gasteiger partial charge is 0.289 e. The van der Waals surface area contributed by atoms with Crippen molar-refractivity contribution in [3.63, 3.8) is 0 Å². The van der Waals surface area contributed by atoms with Crippen LogP contribution < -0.4 is 0 Å². The Hall–Kier alpha value is -1.41. The van der Waals surface area contributed by atoms with Crippen LogP contribution in [0.3, 0.4) is 0 Å². The Kier molecular flexibility index (Phi) is 2.97. The van der Waals surface area contributed by atoms with E-state index in [9.17, 15) is 4.79 Å². The van der Waals surface area contributed by atoms with Crippen LogP contribution in [-0.4, -0.2) is 5.78 Å². The standard InChI is InChI=1S/C13H8BrO/c14-12-8-4-7-11(9-12)13(15)10-5-2-1-3-6-10/h1-6,8-9H. The van der Waals surface area contributed by atoms with Crippen molar-refractivity contribution in [2.75, 3.05) is 0 Å². The Morgan fingerprint density at radius 3 is 2.53 bits per heavy atom. The van der Waals surface area contributed by atoms with Crippen molar-refractivity contribution in [3.8, 4) is 0 Å². The molecular weight excluding hydrogens is 252 g/mol. The lowest BCUT2D eigenvalue weighted by Gasteiger charge is -2.00. The monoisotopic (exact) mass is 259 g/mol. The molecule has 0 aliphatic rings. The van der Waals surface area contributed by atoms with Crippen LogP contribution in [-0.2, 0) is 0 Å². The van der Waals surface area contributed by atoms with Gasteiger partial charge in [-0.15, -0.1) is 0 Å². The fourth-order valence-corrected chi connectivity index (χ4v) is 1.68. The molecule has 0 saturated heterocycles. The van der Waals surface area contributed by atoms with Crippen LogP contribution in [0.5, 0.6) is 0 Å². The number of carbonyl (C=O) groups excluding carboxylic acids is 1. The molecule has 0 atom stereocenters. The molecule has 0 fully saturated rings. The van der Waals surface area contributed by atoms with Crippen molar-refractivity contribution in [2.45, 2.75) is 0 Å². The normalized spacial score (nSPS) is 9.93. The quantitative estimate of drug-likeness (QED) is 0.755. The SMILES string of the molecule is O=C(c1[c]ccc(Br)c1)c1ccccc1. The molecular formula is C13H8BrO. The zero-order valence-corrected chi connectivity index (χ0v) is 9.49. The van der Waals surface area contributed by atoms with Gasteiger partial charge in [0.05, 0.1) is 0 Å². The minimum absolute atomic E-state index is 0.00287. The molecule has 0 N–H and O–H groups in total. The van der Waals surface area contributed by atoms with Gasteiger partial charge in [0.2, 0.25) is 0 Å². The minimum atomic E-state index is -0.00287. The van der Waals surface area contributed by atoms with Gasteiger partial charge in [0.1, 0.15) is 0 Å². The second kappa shape index (κ2) is 4.41. The average molecular weight is 260 g/mol. The van der Waals surface area contributed by atoms with Crippen LogP contribution in [0, 0.1) is 6.07 Å². The highest BCUT2D eigenvalue weighted by Crippen LogP contribution is 2.14. The third kappa shape index (κ3) is 2.34. The van der Waals surface area contributed by atoms with Crippen molar-refractivity contribution in [3.05, 3.63) is 70.2 Å². The van der Waals surface area contributed by atoms with Gasteiger partial charge in [0.25, 0.3) is 0 Å². The van der Waals surface area contributed by atoms with Crippen molar-refractivity contribution in [1.82, 2.24) is 0 Å². The Morgan fingerprint density at radius 1 is 1.13 bits per heavy atom. The van der Waals surface area contributed by atoms with Gasteiger partial charge in [-0.25, -0.2) is 0 Å². The molecule has 0 aliphatic carbocycles. The molecule has 15 heavy (non-hydrogen) atoms. The molecule has 0 aromatic heterocycles. The predicted octanol–water partition coefficient (Wildman–Crippen LogP) is 3.48. The molecule has 0 heterocycles. The number of hydrogen-bond acceptors (Lipinski definition) is 1. The summed E-state index contributed by atoms with van der Waals surface area (Å²) in [5.41, 5.74) is 1.27. The predicted molar refractivity (Wildman–Crippen MR) is 62.9 cm³/mol. The Morgan fingerprint density at radius 2 is 1.87 bits per heavy atom. The molecule has 1 nitrogen and oxygen atoms in total. The number of carbonyl (C=O) groups is 1. The highest BCUT2D eigenvalue weighted by molar-refractivity contribution is 9.10. The summed E-state index contributed by atoms with van der Waals surface area (Å²) in [5.74, 6) is -0.00287. The fraction of sp³-hybridized carbons (Fsp3) is 0. The van der Waals surface area contributed by atoms with Crippen LogP contribution >= 0.6 is 15.9 Å². The molecule has 0 amide bonds. The molecule has 73 valence electrons. The highest BCUT2D eigenvalue weighted by atomic mass is 79.9. The van der Waals surface area contributed by atoms with Gasteiger partial charge in [-0.05, 0) is 18.2 Å². The number of benzene rings is 2. The van der Waals surface area contributed by atoms with Crippen LogP contribution in [0.2, 0.25) is 0 Å². The van der Waals surface area contributed by atoms with Gasteiger partial charge >= 0.3 is 0 Å². The molecule has 0 saturated carbocycles. The summed E-state index contributed by atoms with van der Waals surface area (Å²) in [6.07, 6.45) is 0. The molecule has 0 bridgehead atoms. The summed E-state index contributed by atoms with van der Waals surface area (Å²) in [6, 6.07) is 17.5. The first-order valence-corrected chi connectivity index (χ1v) is 5.33. The summed E-state index contributed by atoms with van der Waals surface area (Å²) in [7, 11) is 0. The topological polar surface area (TPSA) is 17.1 Å². The summed E-state index contributed by atoms with van der Waals surface area (Å²) in [5, 5.41) is 0. The summed E-state index contributed by atoms with van der Waals surface area (Å²) < 4.78 is 0.889. The first-order chi connectivity index (χ1) is 7.27. The number of ketones is 1. The molecule has 2 rings (SSSR count). The van der Waals surface area contributed by atoms with E-state index in [2.05, 4.69) is 22.0 Å². The second-order valence-electron chi connectivity index (χ2n) is 3.12. The lowest BCUT2D eigenvalue weighted by Crippen LogP contribution is -2.00. The smallest absolute Gasteiger partial charge is 0.193 e. The minimum Gasteiger partial charge on any atom is -0.289 e. The van der Waals surface area contributed by atoms with Crippen LogP contribution in [0.1, 0.15) is 15.9 Å². The average Bonchev–Trinajstić information content (AvgIpc) is 2.29. The van der Waals surface area contributed by atoms with E-state index in [0.717, 1.165) is 4.47 Å². The maximum absolute atomic E-state index is 11.9. The van der Waals surface area contributed by atoms with Gasteiger partial charge in [-0.2, -0.15) is 0 Å². The van der Waals surface area contributed by atoms with Crippen LogP contribution in [0.25, 0.3) is 0 Å². The second-order valence-corrected chi connectivity index (χ2v) is 4.03. The van der Waals surface area contributed by atoms with Gasteiger partial charge in [-0.3, -0.25) is 4.79 Å². The van der Waals surface area contributed by atoms with E-state index in [0.29, 0.717) is 11.1 Å². The van der Waals surface area contributed by atoms with Gasteiger partial charge in [0.15, 0.2) is 5.78 Å². The Balaban J connectivity index is 2.37. The Labute approximate surface area is 96.9 Å². The number of hydrogen-bond donors (Lipinski definition) is 0. The van der Waals surface area contributed by atoms with Crippen molar-refractivity contribution >= 4 is 21.7 Å². The van der Waals surface area contributed by atoms with Crippen molar-refractivity contribution in [2.24, 2.45) is 0 Å². The van der Waals surface area contributed by atoms with Crippen LogP contribution in [0.15, 0.2) is 53.0 Å². The van der Waals surface area contributed by atoms with E-state index in [1.165, 1.54) is 0 Å². The summed E-state index contributed by atoms with van der Waals surface area (Å²) in [4.78, 5) is 11.9. The molecule has 2 aromatic carbocycles. The zero-order valence-electron chi connectivity index (χ0n) is 7.91. The molecule has 0 unspecified atom stereocenters. The Bertz CT molecular complexity index is 477. The van der Waals surface area contributed by atoms with E-state index >= 15 is 0 Å². The van der Waals surface area contributed by atoms with Crippen LogP contribution in [0.4, 0.5) is 0 Å². The first-order valence-electron chi connectivity index (χ1n) is 4.54. The lowest BCUT2D eigenvalue weighted by molar-refractivity contribution is 0.103. The molecule has 2 heteroatoms. The van der Waals surface area contributed by atoms with Gasteiger partial charge in [0, 0.05) is 15.6 Å². The highest BCUT2D eigenvalue weighted by Gasteiger charge is 2.08. The summed E-state index contributed by atoms with van der Waals surface area (Å²) in [6.45, 7) is 0. The van der Waals surface area contributed by atoms with Gasteiger partial charge in [-0.1, -0.05) is 52.3 Å². The van der Waals surface area contributed by atoms with Crippen molar-refractivity contribution in [1.29, 1.82) is 0 Å². The molecule has 0 spiro atoms. The van der Waals surface area contributed by atoms with Gasteiger partial charge < -0.3 is 0 Å². The molecule has 1 radical (unpaired) electrons. The van der Waals surface area contributed by atoms with E-state index in [-0.39, 0.29) is 5.78 Å². The first kappa shape index (κ1) is 10.1. The maximum atomic E-state index is 11.9. The van der Waals surface area contributed by atoms with E-state index in [1.807, 2.05) is 24.3 Å². The summed E-state index contributed by atoms with van der Waals surface area (Å²) >= 11 is 3.33. The zero-order chi connectivity index (χ0) is 10.7. The lowest BCUT2D eigenvalue weighted by atomic mass is 10.0. The molecule has 0 aliphatic heterocycles. The third-order valence-corrected chi connectivity index (χ3v) is 2.54. The number of halogens is 1. The van der Waals surface area contributed by atoms with Crippen molar-refractivity contribution < 1.29 is 4.79 Å². The van der Waals surface area contributed by atoms with E-state index < -0.39 is 0 Å². The third-order valence-electron chi connectivity index (χ3n) is 2.04. The van der Waals surface area contributed by atoms with E-state index in [1.54, 1.807) is 24.3 Å². The number of rotatable bonds is 2.